The van der Waals surface area contributed by atoms with Crippen molar-refractivity contribution in [3.8, 4) is 0 Å². The third kappa shape index (κ3) is 3.21. The van der Waals surface area contributed by atoms with Crippen molar-refractivity contribution in [2.45, 2.75) is 16.2 Å². The first-order valence-corrected chi connectivity index (χ1v) is 10.3. The smallest absolute Gasteiger partial charge is 0.353 e. The fraction of sp³-hybridized carbons (Fsp3) is 0.250. The van der Waals surface area contributed by atoms with E-state index in [0.717, 1.165) is 16.7 Å². The monoisotopic (exact) mass is 502 g/mol. The van der Waals surface area contributed by atoms with E-state index in [1.54, 1.807) is 24.3 Å². The van der Waals surface area contributed by atoms with Crippen molar-refractivity contribution >= 4 is 66.5 Å². The molecule has 1 saturated heterocycles. The number of hydrogen-bond donors (Lipinski definition) is 2. The second-order valence-corrected chi connectivity index (χ2v) is 8.10. The molecule has 2 heterocycles. The Morgan fingerprint density at radius 1 is 1.27 bits per heavy atom. The summed E-state index contributed by atoms with van der Waals surface area (Å²) in [4.78, 5) is 48.9. The number of carbonyl (C=O) groups is 4. The molecule has 2 N–H and O–H groups in total. The molecule has 3 atom stereocenters. The average Bonchev–Trinajstić information content (AvgIpc) is 2.64. The van der Waals surface area contributed by atoms with E-state index in [4.69, 9.17) is 0 Å². The molecule has 2 aliphatic heterocycles. The number of aliphatic carboxylic acids is 1. The quantitative estimate of drug-likeness (QED) is 0.469. The maximum Gasteiger partial charge on any atom is 0.353 e. The van der Waals surface area contributed by atoms with Gasteiger partial charge in [-0.1, -0.05) is 74.0 Å². The fourth-order valence-electron chi connectivity index (χ4n) is 2.73. The number of carbonyl (C=O) groups excluding carboxylic acids is 3. The minimum absolute atomic E-state index is 0.0273. The predicted octanol–water partition coefficient (Wildman–Crippen LogP) is 1.78. The molecule has 1 fully saturated rings. The topological polar surface area (TPSA) is 104 Å². The number of rotatable bonds is 5. The third-order valence-electron chi connectivity index (χ3n) is 4.00. The zero-order valence-electron chi connectivity index (χ0n) is 13.0. The molecule has 3 rings (SSSR count). The molecule has 0 radical (unpaired) electrons. The van der Waals surface area contributed by atoms with Crippen LogP contribution in [0.2, 0.25) is 0 Å². The van der Waals surface area contributed by atoms with Crippen molar-refractivity contribution in [1.82, 2.24) is 10.2 Å². The van der Waals surface area contributed by atoms with Gasteiger partial charge < -0.3 is 10.4 Å². The van der Waals surface area contributed by atoms with Gasteiger partial charge in [0.1, 0.15) is 21.9 Å². The van der Waals surface area contributed by atoms with Gasteiger partial charge in [-0.2, -0.15) is 0 Å². The maximum atomic E-state index is 12.4. The number of alkyl halides is 2. The Labute approximate surface area is 169 Å². The van der Waals surface area contributed by atoms with Gasteiger partial charge in [-0.25, -0.2) is 4.79 Å². The standard InChI is InChI=1S/C16H12Br2N2O5S/c17-6-8-11(15(23)24)20-13(22)10(14(20)26-16(8)25)19-12(21)9(18)7-4-2-1-3-5-7/h1-5,9-10,14H,6H2,(H,19,21)(H,23,24)/t9?,10-,14-/m1/s1. The zero-order valence-corrected chi connectivity index (χ0v) is 17.0. The number of β-lactam (4-membered cyclic amide) rings is 1. The average molecular weight is 504 g/mol. The molecule has 10 heteroatoms. The van der Waals surface area contributed by atoms with Gasteiger partial charge in [0.05, 0.1) is 0 Å². The molecule has 2 aliphatic rings. The molecule has 26 heavy (non-hydrogen) atoms. The lowest BCUT2D eigenvalue weighted by molar-refractivity contribution is -0.151. The first-order chi connectivity index (χ1) is 12.4. The number of nitrogens with zero attached hydrogens (tertiary/aromatic N) is 1. The third-order valence-corrected chi connectivity index (χ3v) is 6.69. The number of fused-ring (bicyclic) bond motifs is 1. The van der Waals surface area contributed by atoms with Crippen LogP contribution in [0.5, 0.6) is 0 Å². The summed E-state index contributed by atoms with van der Waals surface area (Å²) in [5.74, 6) is -2.33. The molecule has 0 bridgehead atoms. The molecule has 1 aromatic carbocycles. The van der Waals surface area contributed by atoms with Crippen molar-refractivity contribution in [3.05, 3.63) is 47.2 Å². The van der Waals surface area contributed by atoms with E-state index in [1.165, 1.54) is 0 Å². The number of carboxylic acid groups (broad SMARTS) is 1. The summed E-state index contributed by atoms with van der Waals surface area (Å²) >= 11 is 7.21. The Balaban J connectivity index is 1.78. The normalized spacial score (nSPS) is 23.2. The number of carboxylic acids is 1. The van der Waals surface area contributed by atoms with E-state index in [-0.39, 0.29) is 16.6 Å². The van der Waals surface area contributed by atoms with Gasteiger partial charge in [-0.3, -0.25) is 19.3 Å². The van der Waals surface area contributed by atoms with Crippen LogP contribution in [0.4, 0.5) is 0 Å². The number of thioether (sulfide) groups is 1. The van der Waals surface area contributed by atoms with E-state index in [2.05, 4.69) is 37.2 Å². The highest BCUT2D eigenvalue weighted by molar-refractivity contribution is 9.09. The van der Waals surface area contributed by atoms with Crippen LogP contribution < -0.4 is 5.32 Å². The van der Waals surface area contributed by atoms with Crippen LogP contribution in [-0.2, 0) is 19.2 Å². The number of hydrogen-bond acceptors (Lipinski definition) is 5. The number of halogens is 2. The Bertz CT molecular complexity index is 829. The molecule has 7 nitrogen and oxygen atoms in total. The van der Waals surface area contributed by atoms with Crippen LogP contribution in [0.3, 0.4) is 0 Å². The van der Waals surface area contributed by atoms with E-state index in [9.17, 15) is 24.3 Å². The van der Waals surface area contributed by atoms with Gasteiger partial charge in [-0.05, 0) is 5.56 Å². The van der Waals surface area contributed by atoms with Gasteiger partial charge in [0.15, 0.2) is 0 Å². The van der Waals surface area contributed by atoms with Gasteiger partial charge in [0, 0.05) is 10.9 Å². The molecule has 2 amide bonds. The number of nitrogens with one attached hydrogen (secondary N) is 1. The zero-order chi connectivity index (χ0) is 19.0. The Morgan fingerprint density at radius 2 is 1.92 bits per heavy atom. The fourth-order valence-corrected chi connectivity index (χ4v) is 5.04. The van der Waals surface area contributed by atoms with Crippen LogP contribution in [0.15, 0.2) is 41.6 Å². The van der Waals surface area contributed by atoms with E-state index in [0.29, 0.717) is 5.56 Å². The van der Waals surface area contributed by atoms with Crippen molar-refractivity contribution in [3.63, 3.8) is 0 Å². The highest BCUT2D eigenvalue weighted by Gasteiger charge is 2.56. The van der Waals surface area contributed by atoms with Gasteiger partial charge in [-0.15, -0.1) is 0 Å². The van der Waals surface area contributed by atoms with Crippen LogP contribution in [0.25, 0.3) is 0 Å². The summed E-state index contributed by atoms with van der Waals surface area (Å²) in [6, 6.07) is 7.97. The van der Waals surface area contributed by atoms with Crippen molar-refractivity contribution in [2.75, 3.05) is 5.33 Å². The number of amides is 2. The summed E-state index contributed by atoms with van der Waals surface area (Å²) in [5, 5.41) is 10.8. The van der Waals surface area contributed by atoms with Crippen LogP contribution in [-0.4, -0.2) is 49.7 Å². The minimum atomic E-state index is -1.35. The highest BCUT2D eigenvalue weighted by Crippen LogP contribution is 2.41. The first-order valence-electron chi connectivity index (χ1n) is 7.42. The van der Waals surface area contributed by atoms with Crippen molar-refractivity contribution < 1.29 is 24.3 Å². The molecule has 0 aliphatic carbocycles. The van der Waals surface area contributed by atoms with Crippen LogP contribution >= 0.6 is 43.6 Å². The summed E-state index contributed by atoms with van der Waals surface area (Å²) in [6.45, 7) is 0. The summed E-state index contributed by atoms with van der Waals surface area (Å²) in [7, 11) is 0. The molecular weight excluding hydrogens is 492 g/mol. The molecule has 0 saturated carbocycles. The summed E-state index contributed by atoms with van der Waals surface area (Å²) < 4.78 is 0. The van der Waals surface area contributed by atoms with E-state index in [1.807, 2.05) is 6.07 Å². The lowest BCUT2D eigenvalue weighted by atomic mass is 10.0. The van der Waals surface area contributed by atoms with E-state index >= 15 is 0 Å². The Morgan fingerprint density at radius 3 is 2.50 bits per heavy atom. The molecule has 0 spiro atoms. The summed E-state index contributed by atoms with van der Waals surface area (Å²) in [6.07, 6.45) is 0. The molecule has 1 unspecified atom stereocenters. The molecule has 136 valence electrons. The molecular formula is C16H12Br2N2O5S. The Kier molecular flexibility index (Phi) is 5.54. The SMILES string of the molecule is O=C(O)C1=C(CBr)C(=O)S[C@@H]2[C@H](NC(=O)C(Br)c3ccccc3)C(=O)N12. The minimum Gasteiger partial charge on any atom is -0.477 e. The predicted molar refractivity (Wildman–Crippen MR) is 102 cm³/mol. The molecule has 0 aromatic heterocycles. The lowest BCUT2D eigenvalue weighted by Crippen LogP contribution is -2.71. The molecule has 1 aromatic rings. The van der Waals surface area contributed by atoms with Crippen LogP contribution in [0, 0.1) is 0 Å². The number of benzene rings is 1. The second-order valence-electron chi connectivity index (χ2n) is 5.53. The summed E-state index contributed by atoms with van der Waals surface area (Å²) in [5.41, 5.74) is 0.415. The largest absolute Gasteiger partial charge is 0.477 e. The van der Waals surface area contributed by atoms with Crippen molar-refractivity contribution in [1.29, 1.82) is 0 Å². The van der Waals surface area contributed by atoms with E-state index < -0.39 is 39.1 Å². The van der Waals surface area contributed by atoms with Gasteiger partial charge in [0.2, 0.25) is 11.0 Å². The maximum absolute atomic E-state index is 12.4. The Hall–Kier alpha value is -1.65. The highest BCUT2D eigenvalue weighted by atomic mass is 79.9. The second kappa shape index (κ2) is 7.53. The van der Waals surface area contributed by atoms with Gasteiger partial charge >= 0.3 is 5.97 Å². The lowest BCUT2D eigenvalue weighted by Gasteiger charge is -2.48. The van der Waals surface area contributed by atoms with Crippen LogP contribution in [0.1, 0.15) is 10.4 Å². The van der Waals surface area contributed by atoms with Gasteiger partial charge in [0.25, 0.3) is 5.91 Å². The first kappa shape index (κ1) is 19.1. The van der Waals surface area contributed by atoms with Crippen molar-refractivity contribution in [2.24, 2.45) is 0 Å².